The second kappa shape index (κ2) is 6.93. The molecule has 0 spiro atoms. The van der Waals surface area contributed by atoms with Crippen LogP contribution in [0.3, 0.4) is 0 Å². The van der Waals surface area contributed by atoms with E-state index in [2.05, 4.69) is 43.1 Å². The summed E-state index contributed by atoms with van der Waals surface area (Å²) in [5, 5.41) is 4.56. The van der Waals surface area contributed by atoms with Gasteiger partial charge in [-0.3, -0.25) is 4.90 Å². The maximum atomic E-state index is 6.34. The Morgan fingerprint density at radius 1 is 1.25 bits per heavy atom. The summed E-state index contributed by atoms with van der Waals surface area (Å²) in [4.78, 5) is 2.62. The molecule has 1 N–H and O–H groups in total. The van der Waals surface area contributed by atoms with Gasteiger partial charge in [-0.25, -0.2) is 0 Å². The Bertz CT molecular complexity index is 425. The molecule has 1 unspecified atom stereocenters. The van der Waals surface area contributed by atoms with Crippen molar-refractivity contribution in [1.82, 2.24) is 10.2 Å². The first-order valence-corrected chi connectivity index (χ1v) is 8.15. The number of benzene rings is 1. The first-order valence-electron chi connectivity index (χ1n) is 7.77. The van der Waals surface area contributed by atoms with E-state index in [-0.39, 0.29) is 5.54 Å². The van der Waals surface area contributed by atoms with Crippen molar-refractivity contribution in [2.75, 3.05) is 19.6 Å². The minimum Gasteiger partial charge on any atom is -0.312 e. The topological polar surface area (TPSA) is 15.3 Å². The third-order valence-corrected chi connectivity index (χ3v) is 4.97. The smallest absolute Gasteiger partial charge is 0.0438 e. The molecular weight excluding hydrogens is 268 g/mol. The van der Waals surface area contributed by atoms with Crippen molar-refractivity contribution < 1.29 is 0 Å². The van der Waals surface area contributed by atoms with Crippen molar-refractivity contribution >= 4 is 11.6 Å². The number of likely N-dealkylation sites (N-methyl/N-ethyl adjacent to an activating group) is 1. The summed E-state index contributed by atoms with van der Waals surface area (Å²) in [7, 11) is 0. The van der Waals surface area contributed by atoms with Gasteiger partial charge in [-0.15, -0.1) is 0 Å². The summed E-state index contributed by atoms with van der Waals surface area (Å²) in [6, 6.07) is 8.63. The fourth-order valence-electron chi connectivity index (χ4n) is 3.22. The molecule has 1 aliphatic rings. The minimum atomic E-state index is 0.158. The summed E-state index contributed by atoms with van der Waals surface area (Å²) in [5.41, 5.74) is 1.40. The highest BCUT2D eigenvalue weighted by Gasteiger charge is 2.36. The largest absolute Gasteiger partial charge is 0.312 e. The second-order valence-corrected chi connectivity index (χ2v) is 6.66. The molecule has 1 aromatic rings. The number of hydrogen-bond donors (Lipinski definition) is 1. The van der Waals surface area contributed by atoms with E-state index in [1.54, 1.807) is 0 Å². The predicted octanol–water partition coefficient (Wildman–Crippen LogP) is 3.74. The zero-order valence-corrected chi connectivity index (χ0v) is 13.7. The van der Waals surface area contributed by atoms with Crippen LogP contribution in [0.1, 0.15) is 39.2 Å². The molecule has 0 bridgehead atoms. The molecule has 1 atom stereocenters. The Labute approximate surface area is 128 Å². The average Bonchev–Trinajstić information content (AvgIpc) is 2.95. The third-order valence-electron chi connectivity index (χ3n) is 4.61. The van der Waals surface area contributed by atoms with Crippen LogP contribution in [-0.2, 0) is 6.42 Å². The van der Waals surface area contributed by atoms with Gasteiger partial charge in [-0.1, -0.05) is 36.7 Å². The van der Waals surface area contributed by atoms with Crippen LogP contribution >= 0.6 is 11.6 Å². The molecular formula is C17H27ClN2. The predicted molar refractivity (Wildman–Crippen MR) is 87.5 cm³/mol. The van der Waals surface area contributed by atoms with Crippen LogP contribution in [0.2, 0.25) is 5.02 Å². The van der Waals surface area contributed by atoms with Crippen molar-refractivity contribution in [3.05, 3.63) is 34.9 Å². The number of likely N-dealkylation sites (tertiary alicyclic amines) is 1. The first kappa shape index (κ1) is 15.8. The number of halogens is 1. The molecule has 20 heavy (non-hydrogen) atoms. The van der Waals surface area contributed by atoms with Crippen LogP contribution in [0.5, 0.6) is 0 Å². The molecule has 3 heteroatoms. The highest BCUT2D eigenvalue weighted by Crippen LogP contribution is 2.28. The molecule has 0 radical (unpaired) electrons. The van der Waals surface area contributed by atoms with Gasteiger partial charge in [0.15, 0.2) is 0 Å². The van der Waals surface area contributed by atoms with Crippen molar-refractivity contribution in [3.8, 4) is 0 Å². The van der Waals surface area contributed by atoms with Gasteiger partial charge in [0.2, 0.25) is 0 Å². The number of rotatable bonds is 6. The van der Waals surface area contributed by atoms with E-state index in [4.69, 9.17) is 11.6 Å². The molecule has 0 aliphatic carbocycles. The van der Waals surface area contributed by atoms with E-state index in [0.29, 0.717) is 6.04 Å². The van der Waals surface area contributed by atoms with E-state index >= 15 is 0 Å². The lowest BCUT2D eigenvalue weighted by atomic mass is 9.87. The van der Waals surface area contributed by atoms with Gasteiger partial charge in [-0.05, 0) is 64.4 Å². The van der Waals surface area contributed by atoms with Crippen LogP contribution in [0.25, 0.3) is 0 Å². The molecule has 1 saturated heterocycles. The lowest BCUT2D eigenvalue weighted by Crippen LogP contribution is -2.57. The SMILES string of the molecule is CCNC(Cc1ccccc1Cl)C(C)(C)N1CCCC1. The van der Waals surface area contributed by atoms with Crippen LogP contribution < -0.4 is 5.32 Å². The van der Waals surface area contributed by atoms with Gasteiger partial charge in [0.05, 0.1) is 0 Å². The Morgan fingerprint density at radius 2 is 1.90 bits per heavy atom. The molecule has 1 fully saturated rings. The fourth-order valence-corrected chi connectivity index (χ4v) is 3.43. The zero-order valence-electron chi connectivity index (χ0n) is 13.0. The van der Waals surface area contributed by atoms with Crippen molar-refractivity contribution in [1.29, 1.82) is 0 Å². The Hall–Kier alpha value is -0.570. The molecule has 2 rings (SSSR count). The second-order valence-electron chi connectivity index (χ2n) is 6.25. The van der Waals surface area contributed by atoms with Crippen LogP contribution in [0.15, 0.2) is 24.3 Å². The van der Waals surface area contributed by atoms with Crippen LogP contribution in [0.4, 0.5) is 0 Å². The summed E-state index contributed by atoms with van der Waals surface area (Å²) in [5.74, 6) is 0. The summed E-state index contributed by atoms with van der Waals surface area (Å²) in [6.45, 7) is 10.3. The highest BCUT2D eigenvalue weighted by atomic mass is 35.5. The molecule has 2 nitrogen and oxygen atoms in total. The standard InChI is InChI=1S/C17H27ClN2/c1-4-19-16(13-14-9-5-6-10-15(14)18)17(2,3)20-11-7-8-12-20/h5-6,9-10,16,19H,4,7-8,11-13H2,1-3H3. The van der Waals surface area contributed by atoms with E-state index in [9.17, 15) is 0 Å². The van der Waals surface area contributed by atoms with E-state index < -0.39 is 0 Å². The Morgan fingerprint density at radius 3 is 2.50 bits per heavy atom. The monoisotopic (exact) mass is 294 g/mol. The summed E-state index contributed by atoms with van der Waals surface area (Å²) >= 11 is 6.34. The van der Waals surface area contributed by atoms with Crippen LogP contribution in [0, 0.1) is 0 Å². The van der Waals surface area contributed by atoms with Gasteiger partial charge in [0, 0.05) is 16.6 Å². The Kier molecular flexibility index (Phi) is 5.48. The molecule has 0 saturated carbocycles. The maximum Gasteiger partial charge on any atom is 0.0438 e. The van der Waals surface area contributed by atoms with E-state index in [0.717, 1.165) is 18.0 Å². The lowest BCUT2D eigenvalue weighted by molar-refractivity contribution is 0.107. The average molecular weight is 295 g/mol. The number of hydrogen-bond acceptors (Lipinski definition) is 2. The molecule has 0 aromatic heterocycles. The van der Waals surface area contributed by atoms with Gasteiger partial charge < -0.3 is 5.32 Å². The van der Waals surface area contributed by atoms with Crippen molar-refractivity contribution in [3.63, 3.8) is 0 Å². The van der Waals surface area contributed by atoms with Crippen LogP contribution in [-0.4, -0.2) is 36.1 Å². The molecule has 112 valence electrons. The van der Waals surface area contributed by atoms with Gasteiger partial charge in [0.25, 0.3) is 0 Å². The minimum absolute atomic E-state index is 0.158. The maximum absolute atomic E-state index is 6.34. The molecule has 0 amide bonds. The number of nitrogens with zero attached hydrogens (tertiary/aromatic N) is 1. The molecule has 1 heterocycles. The number of nitrogens with one attached hydrogen (secondary N) is 1. The molecule has 1 aliphatic heterocycles. The van der Waals surface area contributed by atoms with Gasteiger partial charge in [0.1, 0.15) is 0 Å². The zero-order chi connectivity index (χ0) is 14.6. The molecule has 1 aromatic carbocycles. The van der Waals surface area contributed by atoms with E-state index in [1.165, 1.54) is 31.5 Å². The van der Waals surface area contributed by atoms with Gasteiger partial charge >= 0.3 is 0 Å². The quantitative estimate of drug-likeness (QED) is 0.860. The van der Waals surface area contributed by atoms with E-state index in [1.807, 2.05) is 12.1 Å². The first-order chi connectivity index (χ1) is 9.55. The normalized spacial score (nSPS) is 18.4. The third kappa shape index (κ3) is 3.55. The van der Waals surface area contributed by atoms with Crippen molar-refractivity contribution in [2.45, 2.75) is 51.6 Å². The summed E-state index contributed by atoms with van der Waals surface area (Å²) in [6.07, 6.45) is 3.64. The van der Waals surface area contributed by atoms with Gasteiger partial charge in [-0.2, -0.15) is 0 Å². The lowest BCUT2D eigenvalue weighted by Gasteiger charge is -2.43. The summed E-state index contributed by atoms with van der Waals surface area (Å²) < 4.78 is 0. The highest BCUT2D eigenvalue weighted by molar-refractivity contribution is 6.31. The fraction of sp³-hybridized carbons (Fsp3) is 0.647. The Balaban J connectivity index is 2.15. The van der Waals surface area contributed by atoms with Crippen molar-refractivity contribution in [2.24, 2.45) is 0 Å².